The van der Waals surface area contributed by atoms with Crippen LogP contribution >= 0.6 is 23.5 Å². The van der Waals surface area contributed by atoms with Crippen LogP contribution in [0.2, 0.25) is 0 Å². The van der Waals surface area contributed by atoms with Crippen molar-refractivity contribution in [3.05, 3.63) is 48.3 Å². The van der Waals surface area contributed by atoms with Crippen LogP contribution in [0.4, 0.5) is 0 Å². The molecule has 8 heteroatoms. The van der Waals surface area contributed by atoms with Gasteiger partial charge in [-0.15, -0.1) is 0 Å². The Kier molecular flexibility index (Phi) is 6.08. The largest absolute Gasteiger partial charge is 0.489 e. The Hall–Kier alpha value is -2.06. The van der Waals surface area contributed by atoms with Crippen LogP contribution in [-0.2, 0) is 4.79 Å². The molecule has 124 valence electrons. The molecule has 24 heavy (non-hydrogen) atoms. The third kappa shape index (κ3) is 5.24. The smallest absolute Gasteiger partial charge is 0.250 e. The molecule has 0 saturated carbocycles. The second-order valence-electron chi connectivity index (χ2n) is 4.96. The first-order valence-electron chi connectivity index (χ1n) is 7.36. The number of carbonyl (C=O) groups excluding carboxylic acids is 1. The van der Waals surface area contributed by atoms with E-state index in [9.17, 15) is 4.79 Å². The zero-order valence-electron chi connectivity index (χ0n) is 12.8. The zero-order chi connectivity index (χ0) is 16.6. The average Bonchev–Trinajstić information content (AvgIpc) is 2.58. The van der Waals surface area contributed by atoms with Gasteiger partial charge in [0, 0.05) is 23.9 Å². The van der Waals surface area contributed by atoms with Crippen molar-refractivity contribution in [3.63, 3.8) is 0 Å². The molecule has 1 fully saturated rings. The van der Waals surface area contributed by atoms with Gasteiger partial charge >= 0.3 is 0 Å². The van der Waals surface area contributed by atoms with Crippen LogP contribution < -0.4 is 10.2 Å². The fourth-order valence-electron chi connectivity index (χ4n) is 1.84. The van der Waals surface area contributed by atoms with E-state index < -0.39 is 0 Å². The minimum Gasteiger partial charge on any atom is -0.489 e. The van der Waals surface area contributed by atoms with E-state index in [1.165, 1.54) is 11.8 Å². The number of benzene rings is 1. The summed E-state index contributed by atoms with van der Waals surface area (Å²) in [6.07, 6.45) is 5.19. The third-order valence-electron chi connectivity index (χ3n) is 3.05. The van der Waals surface area contributed by atoms with Gasteiger partial charge in [-0.05, 0) is 23.8 Å². The lowest BCUT2D eigenvalue weighted by Gasteiger charge is -2.25. The second-order valence-corrected chi connectivity index (χ2v) is 6.98. The van der Waals surface area contributed by atoms with Gasteiger partial charge in [0.2, 0.25) is 0 Å². The van der Waals surface area contributed by atoms with Gasteiger partial charge in [0.15, 0.2) is 5.16 Å². The quantitative estimate of drug-likeness (QED) is 0.353. The number of nitrogens with zero attached hydrogens (tertiary/aromatic N) is 3. The first-order chi connectivity index (χ1) is 11.8. The summed E-state index contributed by atoms with van der Waals surface area (Å²) in [4.78, 5) is 19.8. The molecule has 1 aromatic carbocycles. The number of amides is 1. The molecule has 1 saturated heterocycles. The summed E-state index contributed by atoms with van der Waals surface area (Å²) in [7, 11) is 0. The van der Waals surface area contributed by atoms with Gasteiger partial charge in [0.25, 0.3) is 5.91 Å². The maximum Gasteiger partial charge on any atom is 0.250 e. The molecule has 0 atom stereocenters. The molecule has 1 N–H and O–H groups in total. The molecule has 0 bridgehead atoms. The Bertz CT molecular complexity index is 708. The summed E-state index contributed by atoms with van der Waals surface area (Å²) in [5.74, 6) is 2.91. The van der Waals surface area contributed by atoms with E-state index in [0.717, 1.165) is 22.8 Å². The molecule has 1 aliphatic rings. The Morgan fingerprint density at radius 2 is 2.21 bits per heavy atom. The molecule has 0 spiro atoms. The lowest BCUT2D eigenvalue weighted by atomic mass is 10.2. The number of hydrazone groups is 1. The maximum absolute atomic E-state index is 11.7. The number of thioether (sulfide) groups is 2. The number of aromatic nitrogens is 2. The van der Waals surface area contributed by atoms with Crippen molar-refractivity contribution in [2.24, 2.45) is 5.10 Å². The summed E-state index contributed by atoms with van der Waals surface area (Å²) in [6.45, 7) is 0. The van der Waals surface area contributed by atoms with Crippen molar-refractivity contribution < 1.29 is 9.53 Å². The van der Waals surface area contributed by atoms with Gasteiger partial charge < -0.3 is 4.74 Å². The number of ether oxygens (including phenoxy) is 1. The van der Waals surface area contributed by atoms with E-state index in [1.807, 2.05) is 36.0 Å². The highest BCUT2D eigenvalue weighted by Gasteiger charge is 2.19. The van der Waals surface area contributed by atoms with Crippen LogP contribution in [0.1, 0.15) is 5.56 Å². The minimum atomic E-state index is -0.206. The first-order valence-corrected chi connectivity index (χ1v) is 9.50. The van der Waals surface area contributed by atoms with Gasteiger partial charge in [0.05, 0.1) is 12.0 Å². The van der Waals surface area contributed by atoms with Crippen molar-refractivity contribution in [3.8, 4) is 5.75 Å². The molecule has 0 radical (unpaired) electrons. The Morgan fingerprint density at radius 3 is 2.96 bits per heavy atom. The minimum absolute atomic E-state index is 0.206. The highest BCUT2D eigenvalue weighted by molar-refractivity contribution is 8.00. The zero-order valence-corrected chi connectivity index (χ0v) is 14.4. The fourth-order valence-corrected chi connectivity index (χ4v) is 3.00. The van der Waals surface area contributed by atoms with E-state index >= 15 is 0 Å². The molecule has 1 aliphatic heterocycles. The van der Waals surface area contributed by atoms with Crippen LogP contribution in [0.15, 0.2) is 53.0 Å². The summed E-state index contributed by atoms with van der Waals surface area (Å²) >= 11 is 3.14. The van der Waals surface area contributed by atoms with E-state index in [-0.39, 0.29) is 11.7 Å². The average molecular weight is 360 g/mol. The van der Waals surface area contributed by atoms with Gasteiger partial charge in [-0.3, -0.25) is 4.79 Å². The first kappa shape index (κ1) is 16.8. The third-order valence-corrected chi connectivity index (χ3v) is 5.14. The van der Waals surface area contributed by atoms with Crippen LogP contribution in [0.5, 0.6) is 5.75 Å². The van der Waals surface area contributed by atoms with Crippen LogP contribution in [0.3, 0.4) is 0 Å². The predicted octanol–water partition coefficient (Wildman–Crippen LogP) is 2.21. The number of carbonyl (C=O) groups is 1. The van der Waals surface area contributed by atoms with Crippen LogP contribution in [-0.4, -0.2) is 45.5 Å². The normalized spacial score (nSPS) is 14.3. The lowest BCUT2D eigenvalue weighted by Crippen LogP contribution is -2.31. The van der Waals surface area contributed by atoms with Crippen molar-refractivity contribution in [1.82, 2.24) is 15.4 Å². The fraction of sp³-hybridized carbons (Fsp3) is 0.250. The number of nitrogens with one attached hydrogen (secondary N) is 1. The lowest BCUT2D eigenvalue weighted by molar-refractivity contribution is -0.118. The van der Waals surface area contributed by atoms with Crippen molar-refractivity contribution in [2.75, 3.05) is 17.3 Å². The monoisotopic (exact) mass is 360 g/mol. The van der Waals surface area contributed by atoms with E-state index in [2.05, 4.69) is 20.5 Å². The molecule has 0 unspecified atom stereocenters. The summed E-state index contributed by atoms with van der Waals surface area (Å²) in [5.41, 5.74) is 3.37. The second kappa shape index (κ2) is 8.70. The van der Waals surface area contributed by atoms with Crippen molar-refractivity contribution in [2.45, 2.75) is 11.3 Å². The van der Waals surface area contributed by atoms with Gasteiger partial charge in [-0.1, -0.05) is 23.9 Å². The molecule has 2 aromatic rings. The molecular formula is C16H16N4O2S2. The predicted molar refractivity (Wildman–Crippen MR) is 96.7 cm³/mol. The standard InChI is InChI=1S/C16H16N4O2S2/c21-15(11-24-16-17-5-2-6-18-16)20-19-8-12-3-1-4-13(7-12)22-14-9-23-10-14/h1-8,14H,9-11H2,(H,20,21)/b19-8-. The molecule has 3 rings (SSSR count). The maximum atomic E-state index is 11.7. The number of rotatable bonds is 7. The number of hydrogen-bond donors (Lipinski definition) is 1. The SMILES string of the molecule is O=C(CSc1ncccn1)N/N=C\c1cccc(OC2CSC2)c1. The summed E-state index contributed by atoms with van der Waals surface area (Å²) in [5, 5.41) is 4.54. The number of hydrogen-bond acceptors (Lipinski definition) is 7. The Morgan fingerprint density at radius 1 is 1.38 bits per heavy atom. The molecule has 1 amide bonds. The molecule has 0 aliphatic carbocycles. The van der Waals surface area contributed by atoms with E-state index in [4.69, 9.17) is 4.74 Å². The molecule has 6 nitrogen and oxygen atoms in total. The van der Waals surface area contributed by atoms with Crippen LogP contribution in [0, 0.1) is 0 Å². The molecular weight excluding hydrogens is 344 g/mol. The van der Waals surface area contributed by atoms with E-state index in [0.29, 0.717) is 11.3 Å². The summed E-state index contributed by atoms with van der Waals surface area (Å²) < 4.78 is 5.82. The highest BCUT2D eigenvalue weighted by atomic mass is 32.2. The topological polar surface area (TPSA) is 76.5 Å². The van der Waals surface area contributed by atoms with Crippen molar-refractivity contribution in [1.29, 1.82) is 0 Å². The molecule has 1 aromatic heterocycles. The van der Waals surface area contributed by atoms with Gasteiger partial charge in [-0.25, -0.2) is 15.4 Å². The summed E-state index contributed by atoms with van der Waals surface area (Å²) in [6, 6.07) is 9.38. The van der Waals surface area contributed by atoms with Gasteiger partial charge in [-0.2, -0.15) is 16.9 Å². The molecule has 2 heterocycles. The van der Waals surface area contributed by atoms with Gasteiger partial charge in [0.1, 0.15) is 11.9 Å². The Labute approximate surface area is 148 Å². The van der Waals surface area contributed by atoms with Crippen molar-refractivity contribution >= 4 is 35.6 Å². The Balaban J connectivity index is 1.45. The highest BCUT2D eigenvalue weighted by Crippen LogP contribution is 2.24. The van der Waals surface area contributed by atoms with E-state index in [1.54, 1.807) is 24.7 Å². The van der Waals surface area contributed by atoms with Crippen LogP contribution in [0.25, 0.3) is 0 Å².